The van der Waals surface area contributed by atoms with Crippen LogP contribution in [0.5, 0.6) is 0 Å². The molecule has 0 aromatic heterocycles. The lowest BCUT2D eigenvalue weighted by Crippen LogP contribution is -2.54. The van der Waals surface area contributed by atoms with E-state index >= 15 is 0 Å². The third-order valence-corrected chi connectivity index (χ3v) is 4.92. The fourth-order valence-electron chi connectivity index (χ4n) is 3.42. The van der Waals surface area contributed by atoms with Crippen LogP contribution < -0.4 is 5.32 Å². The molecule has 0 aliphatic carbocycles. The maximum atomic E-state index is 13.4. The van der Waals surface area contributed by atoms with Crippen LogP contribution in [0.3, 0.4) is 0 Å². The van der Waals surface area contributed by atoms with Crippen molar-refractivity contribution in [3.8, 4) is 0 Å². The summed E-state index contributed by atoms with van der Waals surface area (Å²) in [4.78, 5) is 29.2. The Morgan fingerprint density at radius 3 is 1.81 bits per heavy atom. The summed E-state index contributed by atoms with van der Waals surface area (Å²) in [5.41, 5.74) is 1.99. The molecule has 1 aliphatic heterocycles. The molecule has 3 rings (SSSR count). The summed E-state index contributed by atoms with van der Waals surface area (Å²) in [6.07, 6.45) is 0.917. The molecule has 0 saturated carbocycles. The summed E-state index contributed by atoms with van der Waals surface area (Å²) < 4.78 is 0. The molecule has 0 atom stereocenters. The van der Waals surface area contributed by atoms with Gasteiger partial charge in [-0.15, -0.1) is 0 Å². The SMILES string of the molecule is CCCNC(=O)N1CCN(C(=O)C(c2ccccc2)c2ccccc2)CC1. The first-order chi connectivity index (χ1) is 13.2. The minimum Gasteiger partial charge on any atom is -0.338 e. The molecule has 0 unspecified atom stereocenters. The van der Waals surface area contributed by atoms with E-state index in [1.807, 2.05) is 72.5 Å². The van der Waals surface area contributed by atoms with Gasteiger partial charge in [-0.05, 0) is 17.5 Å². The number of hydrogen-bond donors (Lipinski definition) is 1. The zero-order valence-electron chi connectivity index (χ0n) is 15.8. The Labute approximate surface area is 161 Å². The second-order valence-corrected chi connectivity index (χ2v) is 6.80. The molecule has 0 radical (unpaired) electrons. The second kappa shape index (κ2) is 9.21. The summed E-state index contributed by atoms with van der Waals surface area (Å²) in [7, 11) is 0. The molecular formula is C22H27N3O2. The summed E-state index contributed by atoms with van der Waals surface area (Å²) in [6, 6.07) is 19.8. The summed E-state index contributed by atoms with van der Waals surface area (Å²) in [5.74, 6) is -0.214. The Balaban J connectivity index is 1.72. The Kier molecular flexibility index (Phi) is 6.47. The van der Waals surface area contributed by atoms with Crippen molar-refractivity contribution in [3.05, 3.63) is 71.8 Å². The fourth-order valence-corrected chi connectivity index (χ4v) is 3.42. The van der Waals surface area contributed by atoms with Crippen molar-refractivity contribution in [2.45, 2.75) is 19.3 Å². The molecule has 5 nitrogen and oxygen atoms in total. The monoisotopic (exact) mass is 365 g/mol. The molecular weight excluding hydrogens is 338 g/mol. The first-order valence-corrected chi connectivity index (χ1v) is 9.62. The van der Waals surface area contributed by atoms with Crippen molar-refractivity contribution in [2.75, 3.05) is 32.7 Å². The van der Waals surface area contributed by atoms with E-state index < -0.39 is 0 Å². The highest BCUT2D eigenvalue weighted by atomic mass is 16.2. The molecule has 1 fully saturated rings. The number of carbonyl (C=O) groups excluding carboxylic acids is 2. The molecule has 0 bridgehead atoms. The molecule has 5 heteroatoms. The van der Waals surface area contributed by atoms with Gasteiger partial charge in [0.2, 0.25) is 5.91 Å². The van der Waals surface area contributed by atoms with Gasteiger partial charge in [0.1, 0.15) is 0 Å². The number of amides is 3. The number of hydrogen-bond acceptors (Lipinski definition) is 2. The number of piperazine rings is 1. The van der Waals surface area contributed by atoms with Gasteiger partial charge in [0.15, 0.2) is 0 Å². The minimum absolute atomic E-state index is 0.0355. The van der Waals surface area contributed by atoms with Gasteiger partial charge in [-0.3, -0.25) is 4.79 Å². The molecule has 142 valence electrons. The molecule has 2 aromatic carbocycles. The number of nitrogens with one attached hydrogen (secondary N) is 1. The van der Waals surface area contributed by atoms with Crippen molar-refractivity contribution >= 4 is 11.9 Å². The zero-order valence-corrected chi connectivity index (χ0v) is 15.8. The molecule has 0 spiro atoms. The molecule has 2 aromatic rings. The highest BCUT2D eigenvalue weighted by Crippen LogP contribution is 2.27. The van der Waals surface area contributed by atoms with E-state index in [4.69, 9.17) is 0 Å². The Bertz CT molecular complexity index is 701. The van der Waals surface area contributed by atoms with Gasteiger partial charge in [0.05, 0.1) is 5.92 Å². The van der Waals surface area contributed by atoms with Crippen LogP contribution in [0, 0.1) is 0 Å². The zero-order chi connectivity index (χ0) is 19.1. The largest absolute Gasteiger partial charge is 0.338 e. The predicted molar refractivity (Wildman–Crippen MR) is 107 cm³/mol. The smallest absolute Gasteiger partial charge is 0.317 e. The van der Waals surface area contributed by atoms with E-state index in [0.29, 0.717) is 32.7 Å². The number of rotatable bonds is 5. The standard InChI is InChI=1S/C22H27N3O2/c1-2-13-23-22(27)25-16-14-24(15-17-25)21(26)20(18-9-5-3-6-10-18)19-11-7-4-8-12-19/h3-12,20H,2,13-17H2,1H3,(H,23,27). The van der Waals surface area contributed by atoms with Gasteiger partial charge in [-0.2, -0.15) is 0 Å². The molecule has 27 heavy (non-hydrogen) atoms. The van der Waals surface area contributed by atoms with Crippen molar-refractivity contribution in [3.63, 3.8) is 0 Å². The van der Waals surface area contributed by atoms with Gasteiger partial charge in [0.25, 0.3) is 0 Å². The lowest BCUT2D eigenvalue weighted by molar-refractivity contribution is -0.133. The van der Waals surface area contributed by atoms with Crippen molar-refractivity contribution in [1.29, 1.82) is 0 Å². The van der Waals surface area contributed by atoms with Crippen LogP contribution in [-0.4, -0.2) is 54.5 Å². The quantitative estimate of drug-likeness (QED) is 0.885. The van der Waals surface area contributed by atoms with Crippen LogP contribution in [0.15, 0.2) is 60.7 Å². The highest BCUT2D eigenvalue weighted by Gasteiger charge is 2.30. The predicted octanol–water partition coefficient (Wildman–Crippen LogP) is 3.08. The van der Waals surface area contributed by atoms with Crippen molar-refractivity contribution < 1.29 is 9.59 Å². The first kappa shape index (κ1) is 19.0. The fraction of sp³-hybridized carbons (Fsp3) is 0.364. The number of nitrogens with zero attached hydrogens (tertiary/aromatic N) is 2. The van der Waals surface area contributed by atoms with Crippen LogP contribution in [0.4, 0.5) is 4.79 Å². The van der Waals surface area contributed by atoms with E-state index in [2.05, 4.69) is 5.32 Å². The maximum absolute atomic E-state index is 13.4. The van der Waals surface area contributed by atoms with Gasteiger partial charge in [-0.25, -0.2) is 4.79 Å². The van der Waals surface area contributed by atoms with E-state index in [-0.39, 0.29) is 17.9 Å². The van der Waals surface area contributed by atoms with Crippen LogP contribution >= 0.6 is 0 Å². The molecule has 1 N–H and O–H groups in total. The average molecular weight is 365 g/mol. The minimum atomic E-state index is -0.312. The highest BCUT2D eigenvalue weighted by molar-refractivity contribution is 5.87. The Morgan fingerprint density at radius 2 is 1.33 bits per heavy atom. The van der Waals surface area contributed by atoms with Crippen LogP contribution in [-0.2, 0) is 4.79 Å². The van der Waals surface area contributed by atoms with Crippen molar-refractivity contribution in [1.82, 2.24) is 15.1 Å². The van der Waals surface area contributed by atoms with Gasteiger partial charge in [0, 0.05) is 32.7 Å². The normalized spacial score (nSPS) is 14.3. The van der Waals surface area contributed by atoms with E-state index in [9.17, 15) is 9.59 Å². The summed E-state index contributed by atoms with van der Waals surface area (Å²) >= 11 is 0. The van der Waals surface area contributed by atoms with Crippen molar-refractivity contribution in [2.24, 2.45) is 0 Å². The third kappa shape index (κ3) is 4.67. The Hall–Kier alpha value is -2.82. The lowest BCUT2D eigenvalue weighted by Gasteiger charge is -2.36. The van der Waals surface area contributed by atoms with Gasteiger partial charge in [-0.1, -0.05) is 67.6 Å². The molecule has 1 aliphatic rings. The van der Waals surface area contributed by atoms with Gasteiger partial charge >= 0.3 is 6.03 Å². The summed E-state index contributed by atoms with van der Waals surface area (Å²) in [5, 5.41) is 2.90. The lowest BCUT2D eigenvalue weighted by atomic mass is 9.90. The first-order valence-electron chi connectivity index (χ1n) is 9.62. The Morgan fingerprint density at radius 1 is 0.852 bits per heavy atom. The van der Waals surface area contributed by atoms with E-state index in [1.54, 1.807) is 4.90 Å². The summed E-state index contributed by atoms with van der Waals surface area (Å²) in [6.45, 7) is 4.98. The van der Waals surface area contributed by atoms with Crippen LogP contribution in [0.2, 0.25) is 0 Å². The average Bonchev–Trinajstić information content (AvgIpc) is 2.74. The van der Waals surface area contributed by atoms with E-state index in [0.717, 1.165) is 17.5 Å². The molecule has 1 saturated heterocycles. The number of carbonyl (C=O) groups is 2. The molecule has 1 heterocycles. The maximum Gasteiger partial charge on any atom is 0.317 e. The van der Waals surface area contributed by atoms with Crippen LogP contribution in [0.25, 0.3) is 0 Å². The number of benzene rings is 2. The topological polar surface area (TPSA) is 52.7 Å². The molecule has 3 amide bonds. The third-order valence-electron chi connectivity index (χ3n) is 4.92. The van der Waals surface area contributed by atoms with Crippen LogP contribution in [0.1, 0.15) is 30.4 Å². The van der Waals surface area contributed by atoms with Gasteiger partial charge < -0.3 is 15.1 Å². The number of urea groups is 1. The van der Waals surface area contributed by atoms with E-state index in [1.165, 1.54) is 0 Å². The second-order valence-electron chi connectivity index (χ2n) is 6.80.